The van der Waals surface area contributed by atoms with Gasteiger partial charge in [-0.2, -0.15) is 0 Å². The zero-order chi connectivity index (χ0) is 16.1. The number of nitrogens with one attached hydrogen (secondary N) is 2. The molecule has 0 aromatic rings. The van der Waals surface area contributed by atoms with E-state index in [1.54, 1.807) is 7.05 Å². The van der Waals surface area contributed by atoms with Gasteiger partial charge in [0.25, 0.3) is 0 Å². The van der Waals surface area contributed by atoms with Gasteiger partial charge in [-0.3, -0.25) is 14.7 Å². The standard InChI is InChI=1S/C16H31N5O/c1-5-15(22)21-9-8-13(11-21)19-16(17-3)18-10-12(2)20(4)14-6-7-14/h12-14H,5-11H2,1-4H3,(H2,17,18,19). The molecule has 2 N–H and O–H groups in total. The summed E-state index contributed by atoms with van der Waals surface area (Å²) in [5, 5.41) is 6.85. The first-order valence-electron chi connectivity index (χ1n) is 8.52. The van der Waals surface area contributed by atoms with Crippen molar-refractivity contribution in [1.82, 2.24) is 20.4 Å². The van der Waals surface area contributed by atoms with E-state index in [0.29, 0.717) is 18.5 Å². The Morgan fingerprint density at radius 2 is 2.14 bits per heavy atom. The molecule has 1 heterocycles. The number of aliphatic imine (C=N–C) groups is 1. The van der Waals surface area contributed by atoms with E-state index >= 15 is 0 Å². The largest absolute Gasteiger partial charge is 0.355 e. The first-order valence-corrected chi connectivity index (χ1v) is 8.52. The summed E-state index contributed by atoms with van der Waals surface area (Å²) in [6.07, 6.45) is 4.24. The number of hydrogen-bond donors (Lipinski definition) is 2. The van der Waals surface area contributed by atoms with E-state index in [-0.39, 0.29) is 5.91 Å². The molecule has 0 aromatic carbocycles. The third kappa shape index (κ3) is 4.60. The molecule has 0 spiro atoms. The fourth-order valence-corrected chi connectivity index (χ4v) is 2.95. The number of likely N-dealkylation sites (tertiary alicyclic amines) is 1. The van der Waals surface area contributed by atoms with E-state index in [4.69, 9.17) is 0 Å². The van der Waals surface area contributed by atoms with Crippen LogP contribution < -0.4 is 10.6 Å². The van der Waals surface area contributed by atoms with Gasteiger partial charge < -0.3 is 15.5 Å². The second-order valence-corrected chi connectivity index (χ2v) is 6.52. The van der Waals surface area contributed by atoms with E-state index in [2.05, 4.69) is 34.5 Å². The maximum Gasteiger partial charge on any atom is 0.222 e. The van der Waals surface area contributed by atoms with Crippen molar-refractivity contribution in [3.8, 4) is 0 Å². The first kappa shape index (κ1) is 17.1. The SMILES string of the molecule is CCC(=O)N1CCC(NC(=NC)NCC(C)N(C)C2CC2)C1. The van der Waals surface area contributed by atoms with Crippen LogP contribution in [0.3, 0.4) is 0 Å². The first-order chi connectivity index (χ1) is 10.5. The molecule has 2 unspecified atom stereocenters. The molecule has 1 aliphatic carbocycles. The van der Waals surface area contributed by atoms with Crippen molar-refractivity contribution in [2.75, 3.05) is 33.7 Å². The van der Waals surface area contributed by atoms with Gasteiger partial charge >= 0.3 is 0 Å². The Labute approximate surface area is 134 Å². The average Bonchev–Trinajstić information content (AvgIpc) is 3.28. The number of likely N-dealkylation sites (N-methyl/N-ethyl adjacent to an activating group) is 1. The highest BCUT2D eigenvalue weighted by Crippen LogP contribution is 2.26. The molecule has 22 heavy (non-hydrogen) atoms. The minimum Gasteiger partial charge on any atom is -0.355 e. The third-order valence-electron chi connectivity index (χ3n) is 4.79. The molecule has 6 nitrogen and oxygen atoms in total. The molecule has 1 amide bonds. The minimum atomic E-state index is 0.243. The lowest BCUT2D eigenvalue weighted by Gasteiger charge is -2.26. The van der Waals surface area contributed by atoms with Gasteiger partial charge in [-0.25, -0.2) is 0 Å². The summed E-state index contributed by atoms with van der Waals surface area (Å²) >= 11 is 0. The second-order valence-electron chi connectivity index (χ2n) is 6.52. The Morgan fingerprint density at radius 1 is 1.41 bits per heavy atom. The second kappa shape index (κ2) is 7.81. The number of amides is 1. The van der Waals surface area contributed by atoms with E-state index in [9.17, 15) is 4.79 Å². The molecule has 1 aliphatic heterocycles. The maximum absolute atomic E-state index is 11.7. The van der Waals surface area contributed by atoms with E-state index in [1.165, 1.54) is 12.8 Å². The lowest BCUT2D eigenvalue weighted by molar-refractivity contribution is -0.129. The molecular weight excluding hydrogens is 278 g/mol. The molecule has 0 radical (unpaired) electrons. The zero-order valence-corrected chi connectivity index (χ0v) is 14.4. The van der Waals surface area contributed by atoms with Crippen LogP contribution in [0.2, 0.25) is 0 Å². The monoisotopic (exact) mass is 309 g/mol. The van der Waals surface area contributed by atoms with Crippen LogP contribution in [0.25, 0.3) is 0 Å². The number of hydrogen-bond acceptors (Lipinski definition) is 3. The predicted molar refractivity (Wildman–Crippen MR) is 90.0 cm³/mol. The highest BCUT2D eigenvalue weighted by molar-refractivity contribution is 5.80. The van der Waals surface area contributed by atoms with E-state index in [1.807, 2.05) is 11.8 Å². The highest BCUT2D eigenvalue weighted by atomic mass is 16.2. The average molecular weight is 309 g/mol. The number of guanidine groups is 1. The van der Waals surface area contributed by atoms with Gasteiger partial charge in [0.15, 0.2) is 5.96 Å². The van der Waals surface area contributed by atoms with Gasteiger partial charge in [-0.15, -0.1) is 0 Å². The van der Waals surface area contributed by atoms with Crippen molar-refractivity contribution in [1.29, 1.82) is 0 Å². The summed E-state index contributed by atoms with van der Waals surface area (Å²) in [4.78, 5) is 20.4. The molecule has 6 heteroatoms. The van der Waals surface area contributed by atoms with Crippen molar-refractivity contribution < 1.29 is 4.79 Å². The van der Waals surface area contributed by atoms with Crippen LogP contribution in [0.4, 0.5) is 0 Å². The van der Waals surface area contributed by atoms with Crippen LogP contribution in [-0.4, -0.2) is 73.5 Å². The number of nitrogens with zero attached hydrogens (tertiary/aromatic N) is 3. The summed E-state index contributed by atoms with van der Waals surface area (Å²) in [5.74, 6) is 1.08. The normalized spacial score (nSPS) is 23.8. The lowest BCUT2D eigenvalue weighted by atomic mass is 10.2. The Kier molecular flexibility index (Phi) is 6.06. The van der Waals surface area contributed by atoms with Crippen LogP contribution in [-0.2, 0) is 4.79 Å². The van der Waals surface area contributed by atoms with Crippen LogP contribution in [0.1, 0.15) is 39.5 Å². The Bertz CT molecular complexity index is 407. The summed E-state index contributed by atoms with van der Waals surface area (Å²) in [6, 6.07) is 1.57. The predicted octanol–water partition coefficient (Wildman–Crippen LogP) is 0.645. The zero-order valence-electron chi connectivity index (χ0n) is 14.4. The van der Waals surface area contributed by atoms with Crippen molar-refractivity contribution in [2.24, 2.45) is 4.99 Å². The van der Waals surface area contributed by atoms with E-state index < -0.39 is 0 Å². The Morgan fingerprint density at radius 3 is 2.73 bits per heavy atom. The Hall–Kier alpha value is -1.30. The summed E-state index contributed by atoms with van der Waals surface area (Å²) in [7, 11) is 4.00. The third-order valence-corrected chi connectivity index (χ3v) is 4.79. The molecule has 0 aromatic heterocycles. The van der Waals surface area contributed by atoms with Gasteiger partial charge in [-0.05, 0) is 33.2 Å². The van der Waals surface area contributed by atoms with Crippen LogP contribution in [0, 0.1) is 0 Å². The number of rotatable bonds is 6. The lowest BCUT2D eigenvalue weighted by Crippen LogP contribution is -2.49. The molecular formula is C16H31N5O. The van der Waals surface area contributed by atoms with Crippen LogP contribution >= 0.6 is 0 Å². The quantitative estimate of drug-likeness (QED) is 0.558. The number of carbonyl (C=O) groups is 1. The summed E-state index contributed by atoms with van der Waals surface area (Å²) in [5.41, 5.74) is 0. The van der Waals surface area contributed by atoms with Gasteiger partial charge in [0.05, 0.1) is 0 Å². The van der Waals surface area contributed by atoms with Crippen molar-refractivity contribution in [2.45, 2.75) is 57.7 Å². The van der Waals surface area contributed by atoms with Crippen molar-refractivity contribution in [3.63, 3.8) is 0 Å². The highest BCUT2D eigenvalue weighted by Gasteiger charge is 2.29. The Balaban J connectivity index is 1.72. The molecule has 2 fully saturated rings. The maximum atomic E-state index is 11.7. The smallest absolute Gasteiger partial charge is 0.222 e. The fraction of sp³-hybridized carbons (Fsp3) is 0.875. The van der Waals surface area contributed by atoms with Gasteiger partial charge in [0.2, 0.25) is 5.91 Å². The molecule has 2 rings (SSSR count). The molecule has 1 saturated carbocycles. The van der Waals surface area contributed by atoms with Gasteiger partial charge in [-0.1, -0.05) is 6.92 Å². The molecule has 126 valence electrons. The van der Waals surface area contributed by atoms with Gasteiger partial charge in [0, 0.05) is 51.2 Å². The minimum absolute atomic E-state index is 0.243. The van der Waals surface area contributed by atoms with Gasteiger partial charge in [0.1, 0.15) is 0 Å². The fourth-order valence-electron chi connectivity index (χ4n) is 2.95. The molecule has 2 atom stereocenters. The molecule has 0 bridgehead atoms. The van der Waals surface area contributed by atoms with E-state index in [0.717, 1.165) is 38.1 Å². The van der Waals surface area contributed by atoms with Crippen LogP contribution in [0.15, 0.2) is 4.99 Å². The summed E-state index contributed by atoms with van der Waals surface area (Å²) < 4.78 is 0. The molecule has 2 aliphatic rings. The van der Waals surface area contributed by atoms with Crippen molar-refractivity contribution >= 4 is 11.9 Å². The summed E-state index contributed by atoms with van der Waals surface area (Å²) in [6.45, 7) is 6.68. The topological polar surface area (TPSA) is 60.0 Å². The van der Waals surface area contributed by atoms with Crippen LogP contribution in [0.5, 0.6) is 0 Å². The molecule has 1 saturated heterocycles. The van der Waals surface area contributed by atoms with Crippen molar-refractivity contribution in [3.05, 3.63) is 0 Å². The number of carbonyl (C=O) groups excluding carboxylic acids is 1.